The lowest BCUT2D eigenvalue weighted by atomic mass is 9.57. The quantitative estimate of drug-likeness (QED) is 0.848. The van der Waals surface area contributed by atoms with E-state index in [4.69, 9.17) is 0 Å². The Morgan fingerprint density at radius 2 is 2.11 bits per heavy atom. The fraction of sp³-hybridized carbons (Fsp3) is 0.429. The highest BCUT2D eigenvalue weighted by molar-refractivity contribution is 9.10. The molecule has 100 valence electrons. The van der Waals surface area contributed by atoms with Gasteiger partial charge in [-0.25, -0.2) is 4.39 Å². The number of aromatic nitrogens is 3. The van der Waals surface area contributed by atoms with E-state index >= 15 is 0 Å². The van der Waals surface area contributed by atoms with Crippen LogP contribution in [0.1, 0.15) is 31.2 Å². The summed E-state index contributed by atoms with van der Waals surface area (Å²) in [6.45, 7) is 1.65. The predicted molar refractivity (Wildman–Crippen MR) is 74.7 cm³/mol. The third-order valence-corrected chi connectivity index (χ3v) is 4.35. The third-order valence-electron chi connectivity index (χ3n) is 3.86. The molecule has 1 heterocycles. The monoisotopic (exact) mass is 323 g/mol. The van der Waals surface area contributed by atoms with Crippen molar-refractivity contribution in [2.75, 3.05) is 0 Å². The smallest absolute Gasteiger partial charge is 0.143 e. The maximum atomic E-state index is 14.1. The molecule has 0 bridgehead atoms. The van der Waals surface area contributed by atoms with E-state index in [1.165, 1.54) is 0 Å². The first-order valence-electron chi connectivity index (χ1n) is 6.22. The molecule has 3 nitrogen and oxygen atoms in total. The van der Waals surface area contributed by atoms with Crippen molar-refractivity contribution in [3.8, 4) is 0 Å². The van der Waals surface area contributed by atoms with Crippen LogP contribution in [0.3, 0.4) is 0 Å². The number of benzene rings is 1. The van der Waals surface area contributed by atoms with Gasteiger partial charge in [-0.3, -0.25) is 0 Å². The second-order valence-corrected chi connectivity index (χ2v) is 6.54. The molecule has 1 fully saturated rings. The van der Waals surface area contributed by atoms with Crippen molar-refractivity contribution in [3.05, 3.63) is 46.5 Å². The van der Waals surface area contributed by atoms with Crippen molar-refractivity contribution >= 4 is 15.9 Å². The molecule has 1 aromatic carbocycles. The summed E-state index contributed by atoms with van der Waals surface area (Å²) in [7, 11) is 1.91. The molecule has 1 aliphatic carbocycles. The normalized spacial score (nSPS) is 30.1. The molecule has 0 aliphatic heterocycles. The molecular weight excluding hydrogens is 309 g/mol. The molecule has 5 heteroatoms. The highest BCUT2D eigenvalue weighted by Crippen LogP contribution is 2.55. The van der Waals surface area contributed by atoms with Crippen molar-refractivity contribution in [2.24, 2.45) is 7.05 Å². The van der Waals surface area contributed by atoms with Gasteiger partial charge in [-0.15, -0.1) is 10.2 Å². The number of hydrogen-bond acceptors (Lipinski definition) is 2. The Labute approximate surface area is 120 Å². The summed E-state index contributed by atoms with van der Waals surface area (Å²) >= 11 is 3.48. The topological polar surface area (TPSA) is 30.7 Å². The summed E-state index contributed by atoms with van der Waals surface area (Å²) in [5.74, 6) is 0.834. The standard InChI is InChI=1S/C14H15BrFN3/c1-13(16)7-14(8-13,12-18-17-9-19(12)2)10-4-3-5-11(15)6-10/h3-6,9H,7-8H2,1-2H3. The number of hydrogen-bond donors (Lipinski definition) is 0. The zero-order valence-electron chi connectivity index (χ0n) is 10.9. The average molecular weight is 324 g/mol. The van der Waals surface area contributed by atoms with Crippen LogP contribution >= 0.6 is 15.9 Å². The van der Waals surface area contributed by atoms with E-state index < -0.39 is 5.67 Å². The Morgan fingerprint density at radius 1 is 1.37 bits per heavy atom. The Bertz CT molecular complexity index is 613. The number of halogens is 2. The van der Waals surface area contributed by atoms with Crippen LogP contribution in [0.25, 0.3) is 0 Å². The lowest BCUT2D eigenvalue weighted by Crippen LogP contribution is -2.52. The molecule has 0 unspecified atom stereocenters. The van der Waals surface area contributed by atoms with Gasteiger partial charge in [0.1, 0.15) is 17.8 Å². The van der Waals surface area contributed by atoms with E-state index in [2.05, 4.69) is 26.1 Å². The minimum Gasteiger partial charge on any atom is -0.320 e. The average Bonchev–Trinajstić information content (AvgIpc) is 2.72. The SMILES string of the molecule is Cn1cnnc1C1(c2cccc(Br)c2)CC(C)(F)C1. The van der Waals surface area contributed by atoms with E-state index in [1.807, 2.05) is 35.9 Å². The van der Waals surface area contributed by atoms with Gasteiger partial charge in [0.25, 0.3) is 0 Å². The lowest BCUT2D eigenvalue weighted by Gasteiger charge is -2.49. The molecule has 1 aliphatic rings. The van der Waals surface area contributed by atoms with E-state index in [9.17, 15) is 4.39 Å². The molecule has 0 radical (unpaired) electrons. The molecule has 0 N–H and O–H groups in total. The number of aryl methyl sites for hydroxylation is 1. The van der Waals surface area contributed by atoms with Crippen LogP contribution in [-0.4, -0.2) is 20.4 Å². The first kappa shape index (κ1) is 12.8. The van der Waals surface area contributed by atoms with E-state index in [0.29, 0.717) is 12.8 Å². The largest absolute Gasteiger partial charge is 0.320 e. The van der Waals surface area contributed by atoms with Crippen molar-refractivity contribution in [1.82, 2.24) is 14.8 Å². The highest BCUT2D eigenvalue weighted by atomic mass is 79.9. The molecule has 1 aromatic heterocycles. The number of alkyl halides is 1. The Hall–Kier alpha value is -1.23. The van der Waals surface area contributed by atoms with Crippen LogP contribution < -0.4 is 0 Å². The zero-order chi connectivity index (χ0) is 13.7. The van der Waals surface area contributed by atoms with Crippen LogP contribution in [0.5, 0.6) is 0 Å². The minimum atomic E-state index is -1.13. The van der Waals surface area contributed by atoms with Crippen molar-refractivity contribution in [2.45, 2.75) is 30.8 Å². The fourth-order valence-corrected chi connectivity index (χ4v) is 3.60. The molecule has 0 spiro atoms. The summed E-state index contributed by atoms with van der Waals surface area (Å²) in [5, 5.41) is 8.16. The Balaban J connectivity index is 2.12. The van der Waals surface area contributed by atoms with Gasteiger partial charge in [0.05, 0.1) is 5.41 Å². The maximum Gasteiger partial charge on any atom is 0.143 e. The van der Waals surface area contributed by atoms with Gasteiger partial charge in [-0.05, 0) is 37.5 Å². The fourth-order valence-electron chi connectivity index (χ4n) is 3.20. The highest BCUT2D eigenvalue weighted by Gasteiger charge is 2.56. The van der Waals surface area contributed by atoms with Crippen LogP contribution in [0, 0.1) is 0 Å². The molecule has 19 heavy (non-hydrogen) atoms. The van der Waals surface area contributed by atoms with Gasteiger partial charge >= 0.3 is 0 Å². The molecular formula is C14H15BrFN3. The maximum absolute atomic E-state index is 14.1. The van der Waals surface area contributed by atoms with Gasteiger partial charge in [-0.2, -0.15) is 0 Å². The number of rotatable bonds is 2. The Kier molecular flexibility index (Phi) is 2.78. The molecule has 0 saturated heterocycles. The van der Waals surface area contributed by atoms with Gasteiger partial charge in [0, 0.05) is 11.5 Å². The summed E-state index contributed by atoms with van der Waals surface area (Å²) in [6, 6.07) is 8.03. The van der Waals surface area contributed by atoms with Gasteiger partial charge < -0.3 is 4.57 Å². The third kappa shape index (κ3) is 2.00. The summed E-state index contributed by atoms with van der Waals surface area (Å²) < 4.78 is 17.0. The number of nitrogens with zero attached hydrogens (tertiary/aromatic N) is 3. The molecule has 0 amide bonds. The van der Waals surface area contributed by atoms with Crippen molar-refractivity contribution in [3.63, 3.8) is 0 Å². The molecule has 3 rings (SSSR count). The lowest BCUT2D eigenvalue weighted by molar-refractivity contribution is 0.0138. The van der Waals surface area contributed by atoms with Crippen LogP contribution in [0.4, 0.5) is 4.39 Å². The zero-order valence-corrected chi connectivity index (χ0v) is 12.5. The van der Waals surface area contributed by atoms with Crippen LogP contribution in [0.15, 0.2) is 35.1 Å². The van der Waals surface area contributed by atoms with Crippen molar-refractivity contribution in [1.29, 1.82) is 0 Å². The minimum absolute atomic E-state index is 0.363. The first-order chi connectivity index (χ1) is 8.93. The van der Waals surface area contributed by atoms with Gasteiger partial charge in [0.15, 0.2) is 0 Å². The first-order valence-corrected chi connectivity index (χ1v) is 7.02. The summed E-state index contributed by atoms with van der Waals surface area (Å²) in [4.78, 5) is 0. The molecule has 0 atom stereocenters. The van der Waals surface area contributed by atoms with E-state index in [1.54, 1.807) is 13.3 Å². The summed E-state index contributed by atoms with van der Waals surface area (Å²) in [6.07, 6.45) is 2.56. The molecule has 1 saturated carbocycles. The second kappa shape index (κ2) is 4.13. The summed E-state index contributed by atoms with van der Waals surface area (Å²) in [5.41, 5.74) is -0.402. The Morgan fingerprint density at radius 3 is 2.63 bits per heavy atom. The molecule has 2 aromatic rings. The van der Waals surface area contributed by atoms with Gasteiger partial charge in [-0.1, -0.05) is 28.1 Å². The van der Waals surface area contributed by atoms with Crippen molar-refractivity contribution < 1.29 is 4.39 Å². The van der Waals surface area contributed by atoms with E-state index in [0.717, 1.165) is 15.9 Å². The van der Waals surface area contributed by atoms with Gasteiger partial charge in [0.2, 0.25) is 0 Å². The van der Waals surface area contributed by atoms with Crippen LogP contribution in [-0.2, 0) is 12.5 Å². The second-order valence-electron chi connectivity index (χ2n) is 5.62. The van der Waals surface area contributed by atoms with E-state index in [-0.39, 0.29) is 5.41 Å². The van der Waals surface area contributed by atoms with Crippen LogP contribution in [0.2, 0.25) is 0 Å². The predicted octanol–water partition coefficient (Wildman–Crippen LogP) is 3.39.